The molecule has 0 aliphatic carbocycles. The van der Waals surface area contributed by atoms with Gasteiger partial charge in [0.15, 0.2) is 5.78 Å². The van der Waals surface area contributed by atoms with Crippen molar-refractivity contribution in [3.63, 3.8) is 0 Å². The van der Waals surface area contributed by atoms with Crippen molar-refractivity contribution in [1.29, 1.82) is 0 Å². The van der Waals surface area contributed by atoms with Crippen molar-refractivity contribution in [1.82, 2.24) is 0 Å². The molecular formula is C17H22FNO. The van der Waals surface area contributed by atoms with Crippen LogP contribution in [0.4, 0.5) is 10.1 Å². The Balaban J connectivity index is 2.32. The number of carbonyl (C=O) groups is 1. The molecular weight excluding hydrogens is 253 g/mol. The lowest BCUT2D eigenvalue weighted by atomic mass is 9.83. The van der Waals surface area contributed by atoms with Crippen molar-refractivity contribution in [2.75, 3.05) is 18.0 Å². The van der Waals surface area contributed by atoms with Gasteiger partial charge >= 0.3 is 0 Å². The fraction of sp³-hybridized carbons (Fsp3) is 0.471. The third-order valence-electron chi connectivity index (χ3n) is 3.85. The fourth-order valence-electron chi connectivity index (χ4n) is 2.67. The Bertz CT molecular complexity index is 555. The number of halogens is 1. The number of rotatable bonds is 2. The second-order valence-corrected chi connectivity index (χ2v) is 6.37. The highest BCUT2D eigenvalue weighted by molar-refractivity contribution is 5.99. The Labute approximate surface area is 120 Å². The molecule has 1 aliphatic heterocycles. The van der Waals surface area contributed by atoms with E-state index in [4.69, 9.17) is 0 Å². The maximum atomic E-state index is 14.1. The summed E-state index contributed by atoms with van der Waals surface area (Å²) in [7, 11) is 0. The molecule has 0 saturated heterocycles. The van der Waals surface area contributed by atoms with Crippen LogP contribution in [0.3, 0.4) is 0 Å². The van der Waals surface area contributed by atoms with E-state index in [2.05, 4.69) is 26.8 Å². The molecule has 20 heavy (non-hydrogen) atoms. The van der Waals surface area contributed by atoms with Crippen molar-refractivity contribution in [3.8, 4) is 0 Å². The van der Waals surface area contributed by atoms with E-state index in [0.29, 0.717) is 17.8 Å². The molecule has 2 nitrogen and oxygen atoms in total. The van der Waals surface area contributed by atoms with Gasteiger partial charge in [-0.3, -0.25) is 4.79 Å². The number of nitrogens with zero attached hydrogens (tertiary/aromatic N) is 1. The molecule has 1 aromatic carbocycles. The number of hydrogen-bond acceptors (Lipinski definition) is 2. The monoisotopic (exact) mass is 275 g/mol. The average Bonchev–Trinajstić information content (AvgIpc) is 2.37. The number of ketones is 1. The summed E-state index contributed by atoms with van der Waals surface area (Å²) in [5.74, 6) is -0.407. The quantitative estimate of drug-likeness (QED) is 0.595. The van der Waals surface area contributed by atoms with Gasteiger partial charge in [-0.05, 0) is 30.9 Å². The first kappa shape index (κ1) is 14.8. The number of carbonyl (C=O) groups excluding carboxylic acids is 1. The molecule has 0 fully saturated rings. The van der Waals surface area contributed by atoms with Gasteiger partial charge in [0.2, 0.25) is 0 Å². The molecule has 3 heteroatoms. The summed E-state index contributed by atoms with van der Waals surface area (Å²) in [6.45, 7) is 9.48. The van der Waals surface area contributed by atoms with Crippen LogP contribution in [-0.2, 0) is 0 Å². The van der Waals surface area contributed by atoms with E-state index < -0.39 is 0 Å². The third-order valence-corrected chi connectivity index (χ3v) is 3.85. The zero-order chi connectivity index (χ0) is 14.9. The molecule has 0 atom stereocenters. The third kappa shape index (κ3) is 2.92. The van der Waals surface area contributed by atoms with Gasteiger partial charge in [-0.15, -0.1) is 0 Å². The normalized spacial score (nSPS) is 16.1. The summed E-state index contributed by atoms with van der Waals surface area (Å²) in [5.41, 5.74) is 2.47. The molecule has 1 aromatic rings. The second kappa shape index (κ2) is 5.39. The van der Waals surface area contributed by atoms with E-state index in [1.54, 1.807) is 12.1 Å². The standard InChI is InChI=1S/C17H22FNO/c1-12(20)14-6-5-7-15(18)16(14)19-10-8-13(9-11-19)17(2,3)4/h5-8H,9-11H2,1-4H3. The molecule has 2 rings (SSSR count). The first-order valence-corrected chi connectivity index (χ1v) is 7.04. The van der Waals surface area contributed by atoms with Crippen molar-refractivity contribution in [2.45, 2.75) is 34.1 Å². The van der Waals surface area contributed by atoms with Gasteiger partial charge in [0, 0.05) is 18.7 Å². The van der Waals surface area contributed by atoms with E-state index in [0.717, 1.165) is 13.0 Å². The Morgan fingerprint density at radius 2 is 2.00 bits per heavy atom. The zero-order valence-corrected chi connectivity index (χ0v) is 12.7. The molecule has 0 amide bonds. The van der Waals surface area contributed by atoms with Crippen LogP contribution < -0.4 is 4.90 Å². The van der Waals surface area contributed by atoms with Crippen LogP contribution in [0.1, 0.15) is 44.5 Å². The highest BCUT2D eigenvalue weighted by atomic mass is 19.1. The molecule has 0 aromatic heterocycles. The van der Waals surface area contributed by atoms with Gasteiger partial charge in [-0.2, -0.15) is 0 Å². The van der Waals surface area contributed by atoms with Crippen LogP contribution in [0.2, 0.25) is 0 Å². The van der Waals surface area contributed by atoms with Gasteiger partial charge in [0.05, 0.1) is 5.69 Å². The summed E-state index contributed by atoms with van der Waals surface area (Å²) in [4.78, 5) is 13.6. The second-order valence-electron chi connectivity index (χ2n) is 6.37. The molecule has 0 radical (unpaired) electrons. The van der Waals surface area contributed by atoms with E-state index in [1.165, 1.54) is 18.6 Å². The fourth-order valence-corrected chi connectivity index (χ4v) is 2.67. The summed E-state index contributed by atoms with van der Waals surface area (Å²) in [6, 6.07) is 4.71. The Morgan fingerprint density at radius 3 is 2.50 bits per heavy atom. The van der Waals surface area contributed by atoms with Gasteiger partial charge in [0.1, 0.15) is 5.82 Å². The number of anilines is 1. The topological polar surface area (TPSA) is 20.3 Å². The van der Waals surface area contributed by atoms with Crippen LogP contribution in [0.25, 0.3) is 0 Å². The number of para-hydroxylation sites is 1. The SMILES string of the molecule is CC(=O)c1cccc(F)c1N1CC=C(C(C)(C)C)CC1. The van der Waals surface area contributed by atoms with E-state index in [1.807, 2.05) is 4.90 Å². The van der Waals surface area contributed by atoms with Crippen molar-refractivity contribution in [2.24, 2.45) is 5.41 Å². The highest BCUT2D eigenvalue weighted by Crippen LogP contribution is 2.33. The van der Waals surface area contributed by atoms with Crippen LogP contribution in [0, 0.1) is 11.2 Å². The van der Waals surface area contributed by atoms with Crippen LogP contribution >= 0.6 is 0 Å². The first-order chi connectivity index (χ1) is 9.30. The van der Waals surface area contributed by atoms with Crippen molar-refractivity contribution >= 4 is 11.5 Å². The summed E-state index contributed by atoms with van der Waals surface area (Å²) >= 11 is 0. The largest absolute Gasteiger partial charge is 0.365 e. The molecule has 0 unspecified atom stereocenters. The minimum atomic E-state index is -0.315. The summed E-state index contributed by atoms with van der Waals surface area (Å²) in [5, 5.41) is 0. The predicted molar refractivity (Wildman–Crippen MR) is 80.8 cm³/mol. The van der Waals surface area contributed by atoms with Gasteiger partial charge in [-0.1, -0.05) is 38.5 Å². The first-order valence-electron chi connectivity index (χ1n) is 7.04. The lowest BCUT2D eigenvalue weighted by molar-refractivity contribution is 0.101. The van der Waals surface area contributed by atoms with Crippen molar-refractivity contribution in [3.05, 3.63) is 41.2 Å². The molecule has 1 heterocycles. The summed E-state index contributed by atoms with van der Waals surface area (Å²) in [6.07, 6.45) is 3.08. The van der Waals surface area contributed by atoms with E-state index in [9.17, 15) is 9.18 Å². The number of Topliss-reactive ketones (excluding diaryl/α,β-unsaturated/α-hetero) is 1. The van der Waals surface area contributed by atoms with Crippen LogP contribution in [0.15, 0.2) is 29.8 Å². The molecule has 0 saturated carbocycles. The highest BCUT2D eigenvalue weighted by Gasteiger charge is 2.24. The van der Waals surface area contributed by atoms with Crippen LogP contribution in [0.5, 0.6) is 0 Å². The maximum absolute atomic E-state index is 14.1. The molecule has 108 valence electrons. The predicted octanol–water partition coefficient (Wildman–Crippen LogP) is 4.21. The van der Waals surface area contributed by atoms with Gasteiger partial charge < -0.3 is 4.90 Å². The average molecular weight is 275 g/mol. The van der Waals surface area contributed by atoms with Gasteiger partial charge in [0.25, 0.3) is 0 Å². The maximum Gasteiger partial charge on any atom is 0.161 e. The molecule has 0 N–H and O–H groups in total. The Morgan fingerprint density at radius 1 is 1.30 bits per heavy atom. The zero-order valence-electron chi connectivity index (χ0n) is 12.7. The smallest absolute Gasteiger partial charge is 0.161 e. The lowest BCUT2D eigenvalue weighted by Crippen LogP contribution is -2.33. The minimum Gasteiger partial charge on any atom is -0.365 e. The number of benzene rings is 1. The van der Waals surface area contributed by atoms with E-state index in [-0.39, 0.29) is 17.0 Å². The van der Waals surface area contributed by atoms with Crippen molar-refractivity contribution < 1.29 is 9.18 Å². The minimum absolute atomic E-state index is 0.0925. The van der Waals surface area contributed by atoms with Gasteiger partial charge in [-0.25, -0.2) is 4.39 Å². The van der Waals surface area contributed by atoms with E-state index >= 15 is 0 Å². The Hall–Kier alpha value is -1.64. The molecule has 0 bridgehead atoms. The Kier molecular flexibility index (Phi) is 3.98. The molecule has 0 spiro atoms. The number of hydrogen-bond donors (Lipinski definition) is 0. The van der Waals surface area contributed by atoms with Crippen LogP contribution in [-0.4, -0.2) is 18.9 Å². The molecule has 1 aliphatic rings. The lowest BCUT2D eigenvalue weighted by Gasteiger charge is -2.34. The summed E-state index contributed by atoms with van der Waals surface area (Å²) < 4.78 is 14.1.